The van der Waals surface area contributed by atoms with Crippen molar-refractivity contribution in [2.45, 2.75) is 168 Å². The first-order valence-corrected chi connectivity index (χ1v) is 54.0. The number of methoxy groups -OCH3 is 3. The van der Waals surface area contributed by atoms with E-state index in [2.05, 4.69) is 110 Å². The van der Waals surface area contributed by atoms with Crippen molar-refractivity contribution in [1.29, 1.82) is 0 Å². The molecule has 3 aromatic rings. The van der Waals surface area contributed by atoms with Gasteiger partial charge in [0.2, 0.25) is 5.78 Å². The van der Waals surface area contributed by atoms with E-state index in [4.69, 9.17) is 33.2 Å². The van der Waals surface area contributed by atoms with Crippen molar-refractivity contribution in [3.05, 3.63) is 147 Å². The summed E-state index contributed by atoms with van der Waals surface area (Å²) in [7, 11) is 5.51. The molecule has 7 aliphatic rings. The number of H-pyrrole nitrogens is 2. The van der Waals surface area contributed by atoms with Crippen LogP contribution in [0.5, 0.6) is 0 Å². The van der Waals surface area contributed by atoms with Gasteiger partial charge in [-0.05, 0) is 130 Å². The van der Waals surface area contributed by atoms with Crippen molar-refractivity contribution >= 4 is 101 Å². The largest absolute Gasteiger partial charge is 0.469 e. The summed E-state index contributed by atoms with van der Waals surface area (Å²) in [5.74, 6) is -3.02. The Hall–Kier alpha value is -7.31. The van der Waals surface area contributed by atoms with E-state index < -0.39 is 233 Å². The summed E-state index contributed by atoms with van der Waals surface area (Å²) < 4.78 is 66.9. The molecule has 0 spiro atoms. The van der Waals surface area contributed by atoms with Crippen LogP contribution in [0, 0.1) is 0 Å². The van der Waals surface area contributed by atoms with Gasteiger partial charge in [0.05, 0.1) is 43.2 Å². The molecule has 0 aliphatic carbocycles. The van der Waals surface area contributed by atoms with Crippen LogP contribution >= 0.6 is 34.4 Å². The number of aromatic nitrogens is 6. The Morgan fingerprint density at radius 2 is 0.934 bits per heavy atom. The number of ketones is 2. The number of rotatable bonds is 28. The number of alkyl halides is 1. The number of nitrogens with zero attached hydrogens (tertiary/aromatic N) is 5. The molecule has 44 heteroatoms. The number of amides is 3. The highest BCUT2D eigenvalue weighted by Gasteiger charge is 2.51. The zero-order valence-electron chi connectivity index (χ0n) is 71.6. The zero-order chi connectivity index (χ0) is 92.1. The van der Waals surface area contributed by atoms with Gasteiger partial charge in [-0.3, -0.25) is 66.6 Å². The molecule has 7 aliphatic heterocycles. The van der Waals surface area contributed by atoms with Gasteiger partial charge in [-0.15, -0.1) is 65.9 Å². The van der Waals surface area contributed by atoms with Crippen LogP contribution in [0.4, 0.5) is 9.18 Å². The first-order valence-electron chi connectivity index (χ1n) is 38.7. The molecule has 0 aromatic carbocycles. The molecule has 684 valence electrons. The minimum atomic E-state index is -1.54. The zero-order valence-corrected chi connectivity index (χ0v) is 76.0. The highest BCUT2D eigenvalue weighted by atomic mass is 31.2. The van der Waals surface area contributed by atoms with Crippen molar-refractivity contribution in [1.82, 2.24) is 49.1 Å². The number of aliphatic hydroxyl groups excluding tert-OH is 7. The van der Waals surface area contributed by atoms with E-state index in [0.717, 1.165) is 65.0 Å². The molecule has 3 amide bonds. The first-order chi connectivity index (χ1) is 56.4. The molecule has 5 fully saturated rings. The predicted molar refractivity (Wildman–Crippen MR) is 472 cm³/mol. The van der Waals surface area contributed by atoms with Gasteiger partial charge in [-0.25, -0.2) is 23.6 Å². The molecule has 10 heterocycles. The SMILES string of the molecule is C=C1NC(=O)C=CN1[C@@H]1O[C@H](CCP(=C)(C)C)[C@@H](O)[C@H]1OC.C=C1NC(=O)NC=C1[C@@H]1O[C@H](CCP(=C)(C)C)[C@@H](O)[C@H]1F.C=P(C)(C)CC[C@H]1O[C@@H](n2cc(C(=O)CC(=O)OC)c(=O)[nH]c2=O)[C@H](O)[C@@H]1O.C=P(C)(C)CC[C@H]1O[C@@H](n2cc(C(=O)COC(C)=O)c(=O)[nH]c2=O)[C@H](O)[C@@H]1O.C=P(C)(C)CC[C@H]1O[C@@H](n2ccc(=O)n(C)c2=O)[C@H](OC)[C@@H]1O. The van der Waals surface area contributed by atoms with Crippen LogP contribution in [0.15, 0.2) is 102 Å². The minimum Gasteiger partial charge on any atom is -0.469 e. The van der Waals surface area contributed by atoms with Crippen LogP contribution in [0.1, 0.15) is 84.8 Å². The summed E-state index contributed by atoms with van der Waals surface area (Å²) >= 11 is 0. The van der Waals surface area contributed by atoms with Crippen LogP contribution < -0.4 is 49.7 Å². The van der Waals surface area contributed by atoms with Gasteiger partial charge >= 0.3 is 35.0 Å². The summed E-state index contributed by atoms with van der Waals surface area (Å²) in [6.07, 6.45) is 16.1. The number of halogens is 1. The monoisotopic (exact) mass is 1820 g/mol. The van der Waals surface area contributed by atoms with Gasteiger partial charge in [-0.2, -0.15) is 0 Å². The maximum atomic E-state index is 14.3. The lowest BCUT2D eigenvalue weighted by Gasteiger charge is -2.33. The van der Waals surface area contributed by atoms with Gasteiger partial charge in [-0.1, -0.05) is 13.2 Å². The van der Waals surface area contributed by atoms with Crippen molar-refractivity contribution in [3.63, 3.8) is 0 Å². The average molecular weight is 1820 g/mol. The van der Waals surface area contributed by atoms with Crippen LogP contribution in [0.3, 0.4) is 0 Å². The lowest BCUT2D eigenvalue weighted by Crippen LogP contribution is -2.47. The highest BCUT2D eigenvalue weighted by Crippen LogP contribution is 2.45. The molecule has 122 heavy (non-hydrogen) atoms. The number of Topliss-reactive ketones (excluding diaryl/α,β-unsaturated/α-hetero) is 2. The third-order valence-electron chi connectivity index (χ3n) is 20.3. The number of carbonyl (C=O) groups excluding carboxylic acids is 6. The van der Waals surface area contributed by atoms with E-state index in [-0.39, 0.29) is 17.6 Å². The van der Waals surface area contributed by atoms with Crippen LogP contribution in [-0.4, -0.2) is 365 Å². The lowest BCUT2D eigenvalue weighted by molar-refractivity contribution is -0.140. The summed E-state index contributed by atoms with van der Waals surface area (Å²) in [6.45, 7) is 22.3. The normalized spacial score (nSPS) is 28.4. The topological polar surface area (TPSA) is 520 Å². The van der Waals surface area contributed by atoms with Gasteiger partial charge < -0.3 is 99.2 Å². The molecule has 0 bridgehead atoms. The molecule has 3 aromatic heterocycles. The van der Waals surface area contributed by atoms with Crippen LogP contribution in [0.2, 0.25) is 0 Å². The quantitative estimate of drug-likeness (QED) is 0.0194. The van der Waals surface area contributed by atoms with E-state index in [1.165, 1.54) is 43.3 Å². The number of aliphatic hydroxyl groups is 7. The summed E-state index contributed by atoms with van der Waals surface area (Å²) in [6, 6.07) is 0.875. The fourth-order valence-corrected chi connectivity index (χ4v) is 18.2. The average Bonchev–Trinajstić information content (AvgIpc) is 1.64. The van der Waals surface area contributed by atoms with Crippen LogP contribution in [-0.2, 0) is 64.1 Å². The Balaban J connectivity index is 0.000000237. The third kappa shape index (κ3) is 28.9. The minimum absolute atomic E-state index is 0.228. The molecule has 38 nitrogen and oxygen atoms in total. The Labute approximate surface area is 706 Å². The second kappa shape index (κ2) is 43.7. The first kappa shape index (κ1) is 103. The van der Waals surface area contributed by atoms with Gasteiger partial charge in [0.25, 0.3) is 22.6 Å². The Kier molecular flexibility index (Phi) is 37.1. The maximum absolute atomic E-state index is 14.3. The number of nitrogens with one attached hydrogen (secondary N) is 5. The predicted octanol–water partition coefficient (Wildman–Crippen LogP) is -0.213. The molecule has 0 radical (unpaired) electrons. The Morgan fingerprint density at radius 3 is 1.34 bits per heavy atom. The van der Waals surface area contributed by atoms with Gasteiger partial charge in [0, 0.05) is 82.6 Å². The number of aromatic amines is 2. The Bertz CT molecular complexity index is 5010. The molecular formula is C78H122FN10O28P5. The number of esters is 2. The lowest BCUT2D eigenvalue weighted by atomic mass is 10.00. The number of hydrogen-bond donors (Lipinski definition) is 12. The molecule has 20 atom stereocenters. The van der Waals surface area contributed by atoms with Gasteiger partial charge in [0.1, 0.15) is 78.8 Å². The summed E-state index contributed by atoms with van der Waals surface area (Å²) in [4.78, 5) is 146. The molecule has 5 saturated heterocycles. The van der Waals surface area contributed by atoms with Crippen molar-refractivity contribution < 1.29 is 112 Å². The van der Waals surface area contributed by atoms with Crippen molar-refractivity contribution in [2.24, 2.45) is 7.05 Å². The number of ether oxygens (including phenoxy) is 9. The molecule has 12 N–H and O–H groups in total. The van der Waals surface area contributed by atoms with Gasteiger partial charge in [0.15, 0.2) is 43.5 Å². The third-order valence-corrected chi connectivity index (χ3v) is 27.6. The fraction of sp³-hybridized carbons (Fsp3) is 0.603. The van der Waals surface area contributed by atoms with Crippen LogP contribution in [0.25, 0.3) is 0 Å². The van der Waals surface area contributed by atoms with Crippen molar-refractivity contribution in [2.75, 3.05) is 125 Å². The number of hydrogen-bond acceptors (Lipinski definition) is 29. The Morgan fingerprint density at radius 1 is 0.533 bits per heavy atom. The van der Waals surface area contributed by atoms with E-state index in [9.17, 15) is 97.7 Å². The standard InChI is InChI=1S/2C17H25N2O8P.C15H25N2O5P.C15H25N2O4P.C14H22FN2O3P/c1-26-12(21)7-10(20)9-8-19(17(25)18-15(9)24)16-14(23)13(22)11(27-16)5-6-28(2,3)4;1-9(20)26-8-11(21)10-7-19(17(25)18-15(10)24)16-14(23)13(22)12(27-16)5-6-28(2,3)4;1-16-11(18)6-8-17(15(16)20)14-13(21-2)12(19)10(22-14)7-9-23(3,4)5;1-10-16-12(18)6-8-17(10)15-14(20-2)13(19)11(21-15)7-9-22(3,4)5;1-8-9(7-16-14(19)17-8)13-11(15)12(18)10(20-13)5-6-21(2,3)4/h8,11,13-14,16,22-23H,2,5-7H2,1,3-4H3,(H,18,24,25);7,12-14,16,22-23H,2,5-6,8H2,1,3-4H3,(H,18,24,25);6,8,10,12-14,19H,3,7,9H2,1-2,4-5H3;6,8,11,13-15,19H,1,3,7,9H2,2,4-5H3,(H,16,18);7,10-13,18H,1-2,5-6H2,3-4H3,(H2,16,17,19)/t11-,13-,14-,16-;12-,13-,14-,16-;10-,12-,13-,14-;11-,13-,14-,15-;10-,11-,12-,13+/m11111/s1. The summed E-state index contributed by atoms with van der Waals surface area (Å²) in [5.41, 5.74) is -4.80. The van der Waals surface area contributed by atoms with E-state index in [0.29, 0.717) is 55.1 Å². The maximum Gasteiger partial charge on any atom is 0.332 e. The smallest absolute Gasteiger partial charge is 0.332 e. The van der Waals surface area contributed by atoms with Crippen molar-refractivity contribution in [3.8, 4) is 0 Å². The fourth-order valence-electron chi connectivity index (χ4n) is 13.4. The second-order valence-corrected chi connectivity index (χ2v) is 55.5. The summed E-state index contributed by atoms with van der Waals surface area (Å²) in [5, 5.41) is 79.6. The molecular weight excluding hydrogens is 1700 g/mol. The highest BCUT2D eigenvalue weighted by molar-refractivity contribution is 7.73. The molecule has 0 unspecified atom stereocenters. The van der Waals surface area contributed by atoms with E-state index in [1.807, 2.05) is 36.6 Å². The van der Waals surface area contributed by atoms with E-state index in [1.54, 1.807) is 18.2 Å². The molecule has 10 rings (SSSR count). The van der Waals surface area contributed by atoms with E-state index >= 15 is 0 Å². The second-order valence-electron chi connectivity index (χ2n) is 33.9. The number of carbonyl (C=O) groups is 6. The number of urea groups is 1. The molecule has 0 saturated carbocycles.